The number of carbonyl (C=O) groups is 1. The minimum Gasteiger partial charge on any atom is -0.453 e. The Bertz CT molecular complexity index is 730. The van der Waals surface area contributed by atoms with Crippen LogP contribution in [-0.4, -0.2) is 88.8 Å². The summed E-state index contributed by atoms with van der Waals surface area (Å²) in [5, 5.41) is 12.6. The van der Waals surface area contributed by atoms with Crippen LogP contribution in [0, 0.1) is 0 Å². The van der Waals surface area contributed by atoms with Gasteiger partial charge < -0.3 is 9.22 Å². The number of rotatable bonds is 7. The van der Waals surface area contributed by atoms with Gasteiger partial charge in [-0.2, -0.15) is 0 Å². The third-order valence-corrected chi connectivity index (χ3v) is 6.47. The van der Waals surface area contributed by atoms with Gasteiger partial charge in [0.15, 0.2) is 0 Å². The topological polar surface area (TPSA) is 99.2 Å². The lowest BCUT2D eigenvalue weighted by molar-refractivity contribution is -0.913. The number of benzene rings is 1. The molecular formula is C17H29N4O5S+. The number of likely N-dealkylation sites (N-methyl/N-ethyl adjacent to an activating group) is 2. The summed E-state index contributed by atoms with van der Waals surface area (Å²) in [6.45, 7) is 4.74. The third kappa shape index (κ3) is 6.06. The minimum atomic E-state index is -3.84. The van der Waals surface area contributed by atoms with Crippen molar-refractivity contribution in [3.05, 3.63) is 24.3 Å². The summed E-state index contributed by atoms with van der Waals surface area (Å²) in [4.78, 5) is 13.4. The maximum Gasteiger partial charge on any atom is 0.411 e. The van der Waals surface area contributed by atoms with Crippen LogP contribution < -0.4 is 9.79 Å². The van der Waals surface area contributed by atoms with E-state index in [1.165, 1.54) is 31.4 Å². The van der Waals surface area contributed by atoms with Crippen molar-refractivity contribution >= 4 is 27.5 Å². The fourth-order valence-corrected chi connectivity index (χ4v) is 4.10. The summed E-state index contributed by atoms with van der Waals surface area (Å²) >= 11 is 0. The zero-order valence-electron chi connectivity index (χ0n) is 16.1. The highest BCUT2D eigenvalue weighted by molar-refractivity contribution is 7.92. The van der Waals surface area contributed by atoms with E-state index in [1.54, 1.807) is 0 Å². The lowest BCUT2D eigenvalue weighted by Gasteiger charge is -2.41. The van der Waals surface area contributed by atoms with E-state index >= 15 is 0 Å². The van der Waals surface area contributed by atoms with E-state index in [1.807, 2.05) is 0 Å². The van der Waals surface area contributed by atoms with Gasteiger partial charge in [-0.3, -0.25) is 15.4 Å². The van der Waals surface area contributed by atoms with Crippen molar-refractivity contribution in [3.63, 3.8) is 0 Å². The smallest absolute Gasteiger partial charge is 0.411 e. The second-order valence-corrected chi connectivity index (χ2v) is 9.09. The van der Waals surface area contributed by atoms with Crippen molar-refractivity contribution < 1.29 is 27.6 Å². The van der Waals surface area contributed by atoms with E-state index < -0.39 is 16.1 Å². The Hall–Kier alpha value is -1.88. The molecule has 152 valence electrons. The number of quaternary nitrogens is 1. The Morgan fingerprint density at radius 2 is 1.89 bits per heavy atom. The number of carbonyl (C=O) groups excluding carboxylic acids is 1. The van der Waals surface area contributed by atoms with Crippen LogP contribution >= 0.6 is 0 Å². The van der Waals surface area contributed by atoms with Gasteiger partial charge in [0, 0.05) is 25.2 Å². The van der Waals surface area contributed by atoms with Crippen LogP contribution in [0.3, 0.4) is 0 Å². The number of hydrogen-bond acceptors (Lipinski definition) is 6. The lowest BCUT2D eigenvalue weighted by Crippen LogP contribution is -2.56. The molecule has 0 radical (unpaired) electrons. The molecule has 0 bridgehead atoms. The second-order valence-electron chi connectivity index (χ2n) is 7.17. The number of ether oxygens (including phenoxy) is 1. The average molecular weight is 402 g/mol. The highest BCUT2D eigenvalue weighted by Gasteiger charge is 2.28. The summed E-state index contributed by atoms with van der Waals surface area (Å²) < 4.78 is 30.5. The normalized spacial score (nSPS) is 17.3. The molecule has 1 heterocycles. The van der Waals surface area contributed by atoms with E-state index in [0.717, 1.165) is 37.2 Å². The van der Waals surface area contributed by atoms with Crippen molar-refractivity contribution in [2.24, 2.45) is 0 Å². The Balaban J connectivity index is 1.90. The monoisotopic (exact) mass is 401 g/mol. The van der Waals surface area contributed by atoms with Crippen LogP contribution in [0.5, 0.6) is 0 Å². The Morgan fingerprint density at radius 1 is 1.30 bits per heavy atom. The van der Waals surface area contributed by atoms with Crippen LogP contribution in [0.15, 0.2) is 24.3 Å². The fraction of sp³-hybridized carbons (Fsp3) is 0.588. The number of anilines is 2. The molecule has 0 spiro atoms. The molecule has 1 aliphatic heterocycles. The molecular weight excluding hydrogens is 372 g/mol. The van der Waals surface area contributed by atoms with Crippen molar-refractivity contribution in [1.29, 1.82) is 0 Å². The molecule has 0 aromatic heterocycles. The molecule has 1 saturated heterocycles. The predicted octanol–water partition coefficient (Wildman–Crippen LogP) is 1.17. The first-order chi connectivity index (χ1) is 12.6. The van der Waals surface area contributed by atoms with E-state index in [2.05, 4.69) is 29.0 Å². The molecule has 1 aromatic carbocycles. The first kappa shape index (κ1) is 21.4. The Morgan fingerprint density at radius 3 is 2.44 bits per heavy atom. The molecule has 1 aliphatic rings. The van der Waals surface area contributed by atoms with Gasteiger partial charge in [-0.15, -0.1) is 4.47 Å². The van der Waals surface area contributed by atoms with Crippen molar-refractivity contribution in [3.8, 4) is 0 Å². The van der Waals surface area contributed by atoms with Crippen LogP contribution in [-0.2, 0) is 14.8 Å². The van der Waals surface area contributed by atoms with E-state index in [9.17, 15) is 18.4 Å². The second kappa shape index (κ2) is 8.87. The number of methoxy groups -OCH3 is 1. The van der Waals surface area contributed by atoms with Crippen molar-refractivity contribution in [2.45, 2.75) is 6.42 Å². The molecule has 10 heteroatoms. The van der Waals surface area contributed by atoms with Crippen LogP contribution in [0.4, 0.5) is 16.2 Å². The van der Waals surface area contributed by atoms with Crippen molar-refractivity contribution in [2.75, 3.05) is 69.5 Å². The Kier molecular flexibility index (Phi) is 7.04. The molecule has 1 aromatic rings. The predicted molar refractivity (Wildman–Crippen MR) is 103 cm³/mol. The maximum atomic E-state index is 12.4. The van der Waals surface area contributed by atoms with Crippen LogP contribution in [0.25, 0.3) is 0 Å². The fourth-order valence-electron chi connectivity index (χ4n) is 2.99. The number of nitrogens with one attached hydrogen (secondary N) is 1. The van der Waals surface area contributed by atoms with Crippen LogP contribution in [0.1, 0.15) is 6.42 Å². The Labute approximate surface area is 160 Å². The third-order valence-electron chi connectivity index (χ3n) is 4.93. The SMILES string of the molecule is COC(=O)Nc1ccc(N(O)S(=O)(=O)CCC[N+]2(C)CCN(C)CC2)cc1. The van der Waals surface area contributed by atoms with E-state index in [-0.39, 0.29) is 11.4 Å². The number of amides is 1. The molecule has 0 unspecified atom stereocenters. The molecule has 27 heavy (non-hydrogen) atoms. The van der Waals surface area contributed by atoms with Gasteiger partial charge in [0.05, 0.1) is 45.2 Å². The summed E-state index contributed by atoms with van der Waals surface area (Å²) in [5.41, 5.74) is 0.550. The van der Waals surface area contributed by atoms with Gasteiger partial charge in [0.2, 0.25) is 0 Å². The number of hydrogen-bond donors (Lipinski definition) is 2. The first-order valence-electron chi connectivity index (χ1n) is 8.84. The van der Waals surface area contributed by atoms with Crippen molar-refractivity contribution in [1.82, 2.24) is 4.90 Å². The molecule has 9 nitrogen and oxygen atoms in total. The highest BCUT2D eigenvalue weighted by atomic mass is 32.2. The van der Waals surface area contributed by atoms with Gasteiger partial charge in [0.1, 0.15) is 0 Å². The number of sulfonamides is 1. The quantitative estimate of drug-likeness (QED) is 0.526. The lowest BCUT2D eigenvalue weighted by atomic mass is 10.2. The highest BCUT2D eigenvalue weighted by Crippen LogP contribution is 2.20. The summed E-state index contributed by atoms with van der Waals surface area (Å²) in [6.07, 6.45) is -0.154. The summed E-state index contributed by atoms with van der Waals surface area (Å²) in [6, 6.07) is 5.80. The molecule has 2 N–H and O–H groups in total. The molecule has 1 amide bonds. The summed E-state index contributed by atoms with van der Waals surface area (Å²) in [5.74, 6) is -0.130. The zero-order valence-corrected chi connectivity index (χ0v) is 16.9. The zero-order chi connectivity index (χ0) is 20.1. The number of nitrogens with zero attached hydrogens (tertiary/aromatic N) is 3. The standard InChI is InChI=1S/C17H28N4O5S/c1-19-9-12-21(2,13-10-19)11-4-14-27(24,25)20(23)16-7-5-15(6-8-16)18-17(22)26-3/h5-8,23H,4,9-14H2,1-3H3/p+1. The van der Waals surface area contributed by atoms with Gasteiger partial charge >= 0.3 is 6.09 Å². The minimum absolute atomic E-state index is 0.116. The van der Waals surface area contributed by atoms with Gasteiger partial charge in [-0.1, -0.05) is 0 Å². The first-order valence-corrected chi connectivity index (χ1v) is 10.5. The summed E-state index contributed by atoms with van der Waals surface area (Å²) in [7, 11) is 1.64. The van der Waals surface area contributed by atoms with Gasteiger partial charge in [-0.25, -0.2) is 13.2 Å². The molecule has 0 saturated carbocycles. The van der Waals surface area contributed by atoms with Gasteiger partial charge in [-0.05, 0) is 31.3 Å². The molecule has 2 rings (SSSR count). The molecule has 0 atom stereocenters. The van der Waals surface area contributed by atoms with Gasteiger partial charge in [0.25, 0.3) is 10.0 Å². The molecule has 0 aliphatic carbocycles. The van der Waals surface area contributed by atoms with E-state index in [4.69, 9.17) is 0 Å². The molecule has 1 fully saturated rings. The largest absolute Gasteiger partial charge is 0.453 e. The van der Waals surface area contributed by atoms with E-state index in [0.29, 0.717) is 16.6 Å². The number of piperazine rings is 1. The average Bonchev–Trinajstić information content (AvgIpc) is 2.64. The maximum absolute atomic E-state index is 12.4. The van der Waals surface area contributed by atoms with Crippen LogP contribution in [0.2, 0.25) is 0 Å².